The first kappa shape index (κ1) is 13.5. The fourth-order valence-electron chi connectivity index (χ4n) is 2.29. The van der Waals surface area contributed by atoms with Gasteiger partial charge in [0, 0.05) is 21.7 Å². The molecule has 5 heteroatoms. The van der Waals surface area contributed by atoms with Gasteiger partial charge in [-0.2, -0.15) is 0 Å². The third-order valence-corrected chi connectivity index (χ3v) is 3.55. The Bertz CT molecular complexity index is 768. The van der Waals surface area contributed by atoms with Crippen LogP contribution in [-0.4, -0.2) is 18.1 Å². The Morgan fingerprint density at radius 3 is 2.86 bits per heavy atom. The van der Waals surface area contributed by atoms with Crippen LogP contribution in [0.25, 0.3) is 11.6 Å². The van der Waals surface area contributed by atoms with Crippen LogP contribution in [0.4, 0.5) is 5.69 Å². The molecule has 4 nitrogen and oxygen atoms in total. The van der Waals surface area contributed by atoms with Gasteiger partial charge in [0.05, 0.1) is 12.8 Å². The van der Waals surface area contributed by atoms with Crippen LogP contribution in [0, 0.1) is 0 Å². The first-order valence-corrected chi connectivity index (χ1v) is 6.67. The number of carbonyl (C=O) groups is 1. The summed E-state index contributed by atoms with van der Waals surface area (Å²) in [7, 11) is 1.48. The monoisotopic (exact) mass is 301 g/mol. The van der Waals surface area contributed by atoms with Gasteiger partial charge in [0.25, 0.3) is 5.91 Å². The predicted octanol–water partition coefficient (Wildman–Crippen LogP) is 3.55. The van der Waals surface area contributed by atoms with Crippen molar-refractivity contribution >= 4 is 34.8 Å². The summed E-state index contributed by atoms with van der Waals surface area (Å²) in [5, 5.41) is 13.4. The lowest BCUT2D eigenvalue weighted by Gasteiger charge is -2.06. The maximum Gasteiger partial charge on any atom is 0.256 e. The summed E-state index contributed by atoms with van der Waals surface area (Å²) in [4.78, 5) is 12.1. The number of aromatic hydroxyl groups is 1. The van der Waals surface area contributed by atoms with Gasteiger partial charge in [-0.25, -0.2) is 0 Å². The molecular formula is C16H12ClNO3. The summed E-state index contributed by atoms with van der Waals surface area (Å²) < 4.78 is 5.06. The summed E-state index contributed by atoms with van der Waals surface area (Å²) in [6, 6.07) is 10.3. The maximum atomic E-state index is 12.1. The van der Waals surface area contributed by atoms with E-state index in [9.17, 15) is 9.90 Å². The number of anilines is 1. The number of para-hydroxylation sites is 1. The molecule has 3 rings (SSSR count). The van der Waals surface area contributed by atoms with Crippen molar-refractivity contribution in [2.45, 2.75) is 0 Å². The molecule has 0 unspecified atom stereocenters. The van der Waals surface area contributed by atoms with Crippen molar-refractivity contribution in [1.29, 1.82) is 0 Å². The highest BCUT2D eigenvalue weighted by atomic mass is 35.5. The molecule has 0 saturated heterocycles. The van der Waals surface area contributed by atoms with E-state index in [1.54, 1.807) is 42.5 Å². The Balaban J connectivity index is 2.11. The van der Waals surface area contributed by atoms with Crippen LogP contribution in [0.3, 0.4) is 0 Å². The molecule has 2 aromatic carbocycles. The third-order valence-electron chi connectivity index (χ3n) is 3.31. The summed E-state index contributed by atoms with van der Waals surface area (Å²) in [6.45, 7) is 0. The fourth-order valence-corrected chi connectivity index (χ4v) is 2.46. The van der Waals surface area contributed by atoms with Crippen LogP contribution in [0.5, 0.6) is 11.5 Å². The molecule has 1 aliphatic heterocycles. The number of amides is 1. The summed E-state index contributed by atoms with van der Waals surface area (Å²) in [5.74, 6) is 0.135. The van der Waals surface area contributed by atoms with E-state index < -0.39 is 0 Å². The van der Waals surface area contributed by atoms with E-state index in [1.165, 1.54) is 7.11 Å². The van der Waals surface area contributed by atoms with Crippen molar-refractivity contribution in [2.75, 3.05) is 12.4 Å². The summed E-state index contributed by atoms with van der Waals surface area (Å²) in [6.07, 6.45) is 1.63. The van der Waals surface area contributed by atoms with Gasteiger partial charge >= 0.3 is 0 Å². The summed E-state index contributed by atoms with van der Waals surface area (Å²) >= 11 is 5.92. The van der Waals surface area contributed by atoms with E-state index in [0.29, 0.717) is 27.6 Å². The van der Waals surface area contributed by atoms with E-state index in [1.807, 2.05) is 0 Å². The van der Waals surface area contributed by atoms with Crippen LogP contribution in [-0.2, 0) is 4.79 Å². The van der Waals surface area contributed by atoms with Gasteiger partial charge in [0.15, 0.2) is 11.5 Å². The van der Waals surface area contributed by atoms with Crippen molar-refractivity contribution in [3.8, 4) is 11.5 Å². The molecule has 0 radical (unpaired) electrons. The fraction of sp³-hybridized carbons (Fsp3) is 0.0625. The molecule has 0 aromatic heterocycles. The molecule has 0 bridgehead atoms. The molecule has 1 amide bonds. The first-order valence-electron chi connectivity index (χ1n) is 6.29. The van der Waals surface area contributed by atoms with E-state index in [4.69, 9.17) is 16.3 Å². The van der Waals surface area contributed by atoms with Gasteiger partial charge in [-0.1, -0.05) is 29.8 Å². The second kappa shape index (κ2) is 5.14. The number of hydrogen-bond donors (Lipinski definition) is 2. The minimum Gasteiger partial charge on any atom is -0.504 e. The number of fused-ring (bicyclic) bond motifs is 1. The van der Waals surface area contributed by atoms with Crippen molar-refractivity contribution in [2.24, 2.45) is 0 Å². The molecule has 0 saturated carbocycles. The average Bonchev–Trinajstić information content (AvgIpc) is 2.76. The van der Waals surface area contributed by atoms with E-state index in [2.05, 4.69) is 5.32 Å². The molecule has 21 heavy (non-hydrogen) atoms. The maximum absolute atomic E-state index is 12.1. The van der Waals surface area contributed by atoms with E-state index >= 15 is 0 Å². The first-order chi connectivity index (χ1) is 10.1. The third kappa shape index (κ3) is 2.34. The average molecular weight is 302 g/mol. The molecule has 2 N–H and O–H groups in total. The Morgan fingerprint density at radius 2 is 2.10 bits per heavy atom. The normalized spacial score (nSPS) is 15.0. The highest BCUT2D eigenvalue weighted by Crippen LogP contribution is 2.37. The number of phenolic OH excluding ortho intramolecular Hbond substituents is 1. The molecule has 0 atom stereocenters. The van der Waals surface area contributed by atoms with E-state index in [-0.39, 0.29) is 11.7 Å². The van der Waals surface area contributed by atoms with Crippen molar-refractivity contribution in [1.82, 2.24) is 0 Å². The minimum absolute atomic E-state index is 0.00251. The zero-order valence-corrected chi connectivity index (χ0v) is 11.9. The lowest BCUT2D eigenvalue weighted by molar-refractivity contribution is -0.110. The predicted molar refractivity (Wildman–Crippen MR) is 82.6 cm³/mol. The molecule has 0 spiro atoms. The Morgan fingerprint density at radius 1 is 1.29 bits per heavy atom. The number of phenols is 1. The standard InChI is InChI=1S/C16H12ClNO3/c1-21-14-4-2-3-9(15(14)19)7-12-11-6-5-10(17)8-13(11)18-16(12)20/h2-8,19H,1H3,(H,18,20). The minimum atomic E-state index is -0.227. The highest BCUT2D eigenvalue weighted by Gasteiger charge is 2.24. The molecule has 0 fully saturated rings. The number of benzene rings is 2. The smallest absolute Gasteiger partial charge is 0.256 e. The van der Waals surface area contributed by atoms with Gasteiger partial charge in [0.1, 0.15) is 0 Å². The molecule has 0 aliphatic carbocycles. The Hall–Kier alpha value is -2.46. The number of ether oxygens (including phenoxy) is 1. The quantitative estimate of drug-likeness (QED) is 0.834. The zero-order chi connectivity index (χ0) is 15.0. The molecule has 2 aromatic rings. The number of halogens is 1. The molecule has 1 heterocycles. The van der Waals surface area contributed by atoms with Gasteiger partial charge in [-0.15, -0.1) is 0 Å². The number of hydrogen-bond acceptors (Lipinski definition) is 3. The lowest BCUT2D eigenvalue weighted by atomic mass is 10.0. The van der Waals surface area contributed by atoms with Gasteiger partial charge in [-0.05, 0) is 24.3 Å². The second-order valence-electron chi connectivity index (χ2n) is 4.60. The van der Waals surface area contributed by atoms with E-state index in [0.717, 1.165) is 5.56 Å². The number of carbonyl (C=O) groups excluding carboxylic acids is 1. The number of methoxy groups -OCH3 is 1. The van der Waals surface area contributed by atoms with Gasteiger partial charge in [-0.3, -0.25) is 4.79 Å². The Labute approximate surface area is 126 Å². The molecular weight excluding hydrogens is 290 g/mol. The molecule has 106 valence electrons. The van der Waals surface area contributed by atoms with Crippen LogP contribution in [0.1, 0.15) is 11.1 Å². The van der Waals surface area contributed by atoms with Crippen molar-refractivity contribution < 1.29 is 14.6 Å². The largest absolute Gasteiger partial charge is 0.504 e. The molecule has 1 aliphatic rings. The van der Waals surface area contributed by atoms with Crippen molar-refractivity contribution in [3.63, 3.8) is 0 Å². The van der Waals surface area contributed by atoms with Crippen LogP contribution in [0.15, 0.2) is 36.4 Å². The topological polar surface area (TPSA) is 58.6 Å². The summed E-state index contributed by atoms with van der Waals surface area (Å²) in [5.41, 5.74) is 2.42. The van der Waals surface area contributed by atoms with Crippen LogP contribution < -0.4 is 10.1 Å². The van der Waals surface area contributed by atoms with Crippen LogP contribution >= 0.6 is 11.6 Å². The lowest BCUT2D eigenvalue weighted by Crippen LogP contribution is -2.03. The zero-order valence-electron chi connectivity index (χ0n) is 11.2. The van der Waals surface area contributed by atoms with Crippen LogP contribution in [0.2, 0.25) is 5.02 Å². The number of rotatable bonds is 2. The highest BCUT2D eigenvalue weighted by molar-refractivity contribution is 6.36. The van der Waals surface area contributed by atoms with Crippen molar-refractivity contribution in [3.05, 3.63) is 52.5 Å². The SMILES string of the molecule is COc1cccc(C=C2C(=O)Nc3cc(Cl)ccc32)c1O. The van der Waals surface area contributed by atoms with Gasteiger partial charge in [0.2, 0.25) is 0 Å². The van der Waals surface area contributed by atoms with Gasteiger partial charge < -0.3 is 15.2 Å². The Kier molecular flexibility index (Phi) is 3.31. The number of nitrogens with one attached hydrogen (secondary N) is 1. The second-order valence-corrected chi connectivity index (χ2v) is 5.04.